The van der Waals surface area contributed by atoms with Crippen molar-refractivity contribution in [2.75, 3.05) is 11.9 Å². The number of hydrogen-bond acceptors (Lipinski definition) is 3. The normalized spacial score (nSPS) is 18.9. The lowest BCUT2D eigenvalue weighted by Gasteiger charge is -2.26. The van der Waals surface area contributed by atoms with E-state index in [0.29, 0.717) is 18.4 Å². The van der Waals surface area contributed by atoms with Crippen LogP contribution in [0, 0.1) is 11.6 Å². The molecule has 1 fully saturated rings. The smallest absolute Gasteiger partial charge is 0.322 e. The molecule has 0 unspecified atom stereocenters. The van der Waals surface area contributed by atoms with E-state index in [1.54, 1.807) is 30.3 Å². The van der Waals surface area contributed by atoms with Crippen LogP contribution in [0.25, 0.3) is 0 Å². The first kappa shape index (κ1) is 19.5. The van der Waals surface area contributed by atoms with Crippen LogP contribution in [0.2, 0.25) is 0 Å². The van der Waals surface area contributed by atoms with Crippen molar-refractivity contribution in [3.63, 3.8) is 0 Å². The monoisotopic (exact) mass is 387 g/mol. The number of carbonyl (C=O) groups excluding carboxylic acids is 3. The Hall–Kier alpha value is -3.29. The van der Waals surface area contributed by atoms with Crippen LogP contribution in [0.1, 0.15) is 25.3 Å². The van der Waals surface area contributed by atoms with Gasteiger partial charge in [0.1, 0.15) is 23.7 Å². The lowest BCUT2D eigenvalue weighted by atomic mass is 9.85. The van der Waals surface area contributed by atoms with E-state index in [1.165, 1.54) is 0 Å². The summed E-state index contributed by atoms with van der Waals surface area (Å²) in [6.07, 6.45) is 0.980. The number of urea groups is 1. The van der Waals surface area contributed by atoms with Crippen molar-refractivity contribution >= 4 is 23.5 Å². The third-order valence-electron chi connectivity index (χ3n) is 4.57. The highest BCUT2D eigenvalue weighted by atomic mass is 19.1. The fourth-order valence-electron chi connectivity index (χ4n) is 3.30. The van der Waals surface area contributed by atoms with Gasteiger partial charge in [0.05, 0.1) is 5.69 Å². The Balaban J connectivity index is 1.81. The third kappa shape index (κ3) is 3.58. The van der Waals surface area contributed by atoms with E-state index in [0.717, 1.165) is 23.1 Å². The van der Waals surface area contributed by atoms with Gasteiger partial charge in [0.25, 0.3) is 5.91 Å². The first-order chi connectivity index (χ1) is 13.4. The van der Waals surface area contributed by atoms with Crippen LogP contribution in [0.3, 0.4) is 0 Å². The number of rotatable bonds is 6. The Morgan fingerprint density at radius 2 is 1.86 bits per heavy atom. The highest BCUT2D eigenvalue weighted by Crippen LogP contribution is 2.33. The predicted octanol–water partition coefficient (Wildman–Crippen LogP) is 3.15. The zero-order valence-corrected chi connectivity index (χ0v) is 15.2. The molecule has 1 aliphatic heterocycles. The molecular weight excluding hydrogens is 368 g/mol. The van der Waals surface area contributed by atoms with Gasteiger partial charge in [0.2, 0.25) is 5.91 Å². The minimum Gasteiger partial charge on any atom is -0.322 e. The summed E-state index contributed by atoms with van der Waals surface area (Å²) in [5.41, 5.74) is -0.994. The highest BCUT2D eigenvalue weighted by molar-refractivity contribution is 6.10. The topological polar surface area (TPSA) is 78.5 Å². The van der Waals surface area contributed by atoms with Crippen LogP contribution in [-0.4, -0.2) is 29.3 Å². The molecule has 0 spiro atoms. The van der Waals surface area contributed by atoms with Gasteiger partial charge in [-0.3, -0.25) is 14.5 Å². The Morgan fingerprint density at radius 1 is 1.14 bits per heavy atom. The molecule has 0 aliphatic carbocycles. The molecule has 4 amide bonds. The standard InChI is InChI=1S/C20H19F2N3O3/c1-2-10-20(13-6-4-3-5-7-13)18(27)25(19(28)24-20)12-17(26)23-16-11-14(21)8-9-15(16)22/h3-9,11H,2,10,12H2,1H3,(H,23,26)(H,24,28)/t20-/m1/s1. The average molecular weight is 387 g/mol. The van der Waals surface area contributed by atoms with Gasteiger partial charge in [-0.2, -0.15) is 0 Å². The van der Waals surface area contributed by atoms with Crippen molar-refractivity contribution in [2.45, 2.75) is 25.3 Å². The van der Waals surface area contributed by atoms with E-state index in [4.69, 9.17) is 0 Å². The number of carbonyl (C=O) groups is 3. The summed E-state index contributed by atoms with van der Waals surface area (Å²) >= 11 is 0. The zero-order valence-electron chi connectivity index (χ0n) is 15.2. The van der Waals surface area contributed by atoms with Crippen molar-refractivity contribution in [3.8, 4) is 0 Å². The largest absolute Gasteiger partial charge is 0.325 e. The van der Waals surface area contributed by atoms with Gasteiger partial charge in [0.15, 0.2) is 0 Å². The molecule has 1 aliphatic rings. The molecule has 1 atom stereocenters. The third-order valence-corrected chi connectivity index (χ3v) is 4.57. The maximum atomic E-state index is 13.7. The van der Waals surface area contributed by atoms with Gasteiger partial charge in [0, 0.05) is 6.07 Å². The number of hydrogen-bond donors (Lipinski definition) is 2. The van der Waals surface area contributed by atoms with Crippen molar-refractivity contribution in [2.24, 2.45) is 0 Å². The Bertz CT molecular complexity index is 920. The Morgan fingerprint density at radius 3 is 2.54 bits per heavy atom. The highest BCUT2D eigenvalue weighted by Gasteiger charge is 2.52. The molecule has 2 aromatic carbocycles. The lowest BCUT2D eigenvalue weighted by molar-refractivity contribution is -0.134. The van der Waals surface area contributed by atoms with Crippen molar-refractivity contribution < 1.29 is 23.2 Å². The first-order valence-electron chi connectivity index (χ1n) is 8.82. The molecule has 1 saturated heterocycles. The number of imide groups is 1. The number of anilines is 1. The van der Waals surface area contributed by atoms with Gasteiger partial charge in [-0.1, -0.05) is 43.7 Å². The second-order valence-corrected chi connectivity index (χ2v) is 6.52. The Labute approximate surface area is 160 Å². The zero-order chi connectivity index (χ0) is 20.3. The van der Waals surface area contributed by atoms with Crippen LogP contribution >= 0.6 is 0 Å². The first-order valence-corrected chi connectivity index (χ1v) is 8.82. The fourth-order valence-corrected chi connectivity index (χ4v) is 3.30. The molecule has 6 nitrogen and oxygen atoms in total. The molecule has 2 aromatic rings. The van der Waals surface area contributed by atoms with E-state index in [1.807, 2.05) is 6.92 Å². The van der Waals surface area contributed by atoms with Crippen molar-refractivity contribution in [1.29, 1.82) is 0 Å². The number of nitrogens with zero attached hydrogens (tertiary/aromatic N) is 1. The summed E-state index contributed by atoms with van der Waals surface area (Å²) in [7, 11) is 0. The van der Waals surface area contributed by atoms with Crippen LogP contribution in [0.5, 0.6) is 0 Å². The second-order valence-electron chi connectivity index (χ2n) is 6.52. The second kappa shape index (κ2) is 7.75. The Kier molecular flexibility index (Phi) is 5.39. The molecule has 146 valence electrons. The molecule has 2 N–H and O–H groups in total. The molecule has 0 saturated carbocycles. The lowest BCUT2D eigenvalue weighted by Crippen LogP contribution is -2.44. The van der Waals surface area contributed by atoms with Crippen LogP contribution in [-0.2, 0) is 15.1 Å². The number of amides is 4. The minimum atomic E-state index is -1.25. The molecule has 0 radical (unpaired) electrons. The SMILES string of the molecule is CCC[C@]1(c2ccccc2)NC(=O)N(CC(=O)Nc2cc(F)ccc2F)C1=O. The summed E-state index contributed by atoms with van der Waals surface area (Å²) < 4.78 is 27.0. The van der Waals surface area contributed by atoms with Gasteiger partial charge in [-0.25, -0.2) is 13.6 Å². The summed E-state index contributed by atoms with van der Waals surface area (Å²) in [5.74, 6) is -2.91. The van der Waals surface area contributed by atoms with E-state index in [-0.39, 0.29) is 5.69 Å². The molecule has 28 heavy (non-hydrogen) atoms. The van der Waals surface area contributed by atoms with Gasteiger partial charge in [-0.05, 0) is 24.1 Å². The van der Waals surface area contributed by atoms with Gasteiger partial charge >= 0.3 is 6.03 Å². The van der Waals surface area contributed by atoms with Gasteiger partial charge in [-0.15, -0.1) is 0 Å². The van der Waals surface area contributed by atoms with Gasteiger partial charge < -0.3 is 10.6 Å². The van der Waals surface area contributed by atoms with Crippen LogP contribution in [0.15, 0.2) is 48.5 Å². The van der Waals surface area contributed by atoms with Crippen molar-refractivity contribution in [1.82, 2.24) is 10.2 Å². The maximum absolute atomic E-state index is 13.7. The summed E-state index contributed by atoms with van der Waals surface area (Å²) in [6, 6.07) is 10.7. The van der Waals surface area contributed by atoms with E-state index in [2.05, 4.69) is 10.6 Å². The minimum absolute atomic E-state index is 0.359. The van der Waals surface area contributed by atoms with E-state index < -0.39 is 41.6 Å². The van der Waals surface area contributed by atoms with Crippen LogP contribution in [0.4, 0.5) is 19.3 Å². The molecule has 1 heterocycles. The summed E-state index contributed by atoms with van der Waals surface area (Å²) in [6.45, 7) is 1.27. The summed E-state index contributed by atoms with van der Waals surface area (Å²) in [4.78, 5) is 38.5. The maximum Gasteiger partial charge on any atom is 0.325 e. The number of halogens is 2. The van der Waals surface area contributed by atoms with E-state index >= 15 is 0 Å². The number of benzene rings is 2. The quantitative estimate of drug-likeness (QED) is 0.748. The molecule has 0 aromatic heterocycles. The van der Waals surface area contributed by atoms with Crippen molar-refractivity contribution in [3.05, 3.63) is 65.7 Å². The molecule has 3 rings (SSSR count). The molecular formula is C20H19F2N3O3. The molecule has 8 heteroatoms. The average Bonchev–Trinajstić information content (AvgIpc) is 2.91. The number of nitrogens with one attached hydrogen (secondary N) is 2. The molecule has 0 bridgehead atoms. The fraction of sp³-hybridized carbons (Fsp3) is 0.250. The van der Waals surface area contributed by atoms with Crippen LogP contribution < -0.4 is 10.6 Å². The predicted molar refractivity (Wildman–Crippen MR) is 98.3 cm³/mol. The summed E-state index contributed by atoms with van der Waals surface area (Å²) in [5, 5.41) is 4.89. The van der Waals surface area contributed by atoms with E-state index in [9.17, 15) is 23.2 Å².